The first kappa shape index (κ1) is 22.2. The summed E-state index contributed by atoms with van der Waals surface area (Å²) < 4.78 is 6.85. The number of esters is 1. The highest BCUT2D eigenvalue weighted by Gasteiger charge is 2.22. The number of halogens is 2. The first-order chi connectivity index (χ1) is 15.7. The average molecular weight is 487 g/mol. The summed E-state index contributed by atoms with van der Waals surface area (Å²) in [5.41, 5.74) is 0.567. The van der Waals surface area contributed by atoms with Gasteiger partial charge in [-0.3, -0.25) is 24.9 Å². The van der Waals surface area contributed by atoms with Crippen LogP contribution in [-0.4, -0.2) is 25.6 Å². The van der Waals surface area contributed by atoms with E-state index >= 15 is 0 Å². The topological polar surface area (TPSA) is 130 Å². The Labute approximate surface area is 195 Å². The largest absolute Gasteiger partial charge is 0.401 e. The Morgan fingerprint density at radius 2 is 1.58 bits per heavy atom. The Bertz CT molecular complexity index is 1420. The highest BCUT2D eigenvalue weighted by molar-refractivity contribution is 6.39. The van der Waals surface area contributed by atoms with Crippen LogP contribution in [0.15, 0.2) is 60.7 Å². The van der Waals surface area contributed by atoms with Crippen molar-refractivity contribution in [3.05, 3.63) is 102 Å². The standard InChI is InChI=1S/C21H12Cl2N4O6/c22-16-5-2-6-17(23)19(16)21(28)33-20-15-10-14(27(31)32)7-8-18(15)25(24-20)11-12-3-1-4-13(9-12)26(29)30/h1-10H,11H2. The van der Waals surface area contributed by atoms with E-state index < -0.39 is 15.8 Å². The molecule has 0 N–H and O–H groups in total. The SMILES string of the molecule is O=C(Oc1nn(Cc2cccc([N+](=O)[O-])c2)c2ccc([N+](=O)[O-])cc12)c1c(Cl)cccc1Cl. The van der Waals surface area contributed by atoms with E-state index in [0.29, 0.717) is 11.1 Å². The van der Waals surface area contributed by atoms with E-state index in [1.54, 1.807) is 12.1 Å². The van der Waals surface area contributed by atoms with Crippen molar-refractivity contribution in [3.8, 4) is 5.88 Å². The van der Waals surface area contributed by atoms with Crippen LogP contribution in [0.4, 0.5) is 11.4 Å². The van der Waals surface area contributed by atoms with Gasteiger partial charge in [0.25, 0.3) is 11.4 Å². The van der Waals surface area contributed by atoms with Gasteiger partial charge in [-0.25, -0.2) is 4.79 Å². The number of benzene rings is 3. The van der Waals surface area contributed by atoms with E-state index in [9.17, 15) is 25.0 Å². The van der Waals surface area contributed by atoms with Crippen LogP contribution < -0.4 is 4.74 Å². The summed E-state index contributed by atoms with van der Waals surface area (Å²) in [5, 5.41) is 27.0. The molecule has 0 spiro atoms. The molecule has 0 fully saturated rings. The minimum atomic E-state index is -0.890. The van der Waals surface area contributed by atoms with Gasteiger partial charge in [0.2, 0.25) is 5.88 Å². The number of nitro groups is 2. The number of aromatic nitrogens is 2. The normalized spacial score (nSPS) is 10.8. The third-order valence-corrected chi connectivity index (χ3v) is 5.35. The quantitative estimate of drug-likeness (QED) is 0.201. The lowest BCUT2D eigenvalue weighted by Gasteiger charge is -2.06. The second-order valence-electron chi connectivity index (χ2n) is 6.83. The zero-order valence-electron chi connectivity index (χ0n) is 16.5. The van der Waals surface area contributed by atoms with Gasteiger partial charge in [0, 0.05) is 24.3 Å². The second-order valence-corrected chi connectivity index (χ2v) is 7.65. The number of carbonyl (C=O) groups excluding carboxylic acids is 1. The molecule has 166 valence electrons. The summed E-state index contributed by atoms with van der Waals surface area (Å²) in [7, 11) is 0. The summed E-state index contributed by atoms with van der Waals surface area (Å²) in [6.45, 7) is 0.0837. The Balaban J connectivity index is 1.78. The van der Waals surface area contributed by atoms with Gasteiger partial charge in [-0.1, -0.05) is 41.4 Å². The lowest BCUT2D eigenvalue weighted by atomic mass is 10.2. The summed E-state index contributed by atoms with van der Waals surface area (Å²) in [6, 6.07) is 14.4. The van der Waals surface area contributed by atoms with Gasteiger partial charge >= 0.3 is 5.97 Å². The molecule has 0 aliphatic carbocycles. The van der Waals surface area contributed by atoms with Crippen molar-refractivity contribution in [2.75, 3.05) is 0 Å². The Morgan fingerprint density at radius 1 is 0.939 bits per heavy atom. The van der Waals surface area contributed by atoms with Gasteiger partial charge in [0.1, 0.15) is 0 Å². The first-order valence-corrected chi connectivity index (χ1v) is 10.0. The van der Waals surface area contributed by atoms with Crippen molar-refractivity contribution < 1.29 is 19.4 Å². The zero-order chi connectivity index (χ0) is 23.7. The van der Waals surface area contributed by atoms with Gasteiger partial charge in [0.15, 0.2) is 0 Å². The van der Waals surface area contributed by atoms with Gasteiger partial charge in [-0.2, -0.15) is 0 Å². The Morgan fingerprint density at radius 3 is 2.24 bits per heavy atom. The monoisotopic (exact) mass is 486 g/mol. The van der Waals surface area contributed by atoms with Gasteiger partial charge < -0.3 is 4.74 Å². The average Bonchev–Trinajstić information content (AvgIpc) is 3.10. The molecule has 0 radical (unpaired) electrons. The molecule has 4 aromatic rings. The molecule has 0 bridgehead atoms. The van der Waals surface area contributed by atoms with Crippen LogP contribution in [-0.2, 0) is 6.54 Å². The molecule has 0 atom stereocenters. The Kier molecular flexibility index (Phi) is 5.95. The van der Waals surface area contributed by atoms with Crippen LogP contribution in [0.1, 0.15) is 15.9 Å². The highest BCUT2D eigenvalue weighted by Crippen LogP contribution is 2.32. The molecule has 12 heteroatoms. The molecule has 4 rings (SSSR count). The highest BCUT2D eigenvalue weighted by atomic mass is 35.5. The molecule has 0 saturated carbocycles. The van der Waals surface area contributed by atoms with E-state index in [1.165, 1.54) is 53.2 Å². The van der Waals surface area contributed by atoms with Crippen molar-refractivity contribution in [2.24, 2.45) is 0 Å². The molecule has 0 saturated heterocycles. The molecule has 0 unspecified atom stereocenters. The van der Waals surface area contributed by atoms with Crippen LogP contribution >= 0.6 is 23.2 Å². The van der Waals surface area contributed by atoms with Crippen molar-refractivity contribution in [1.82, 2.24) is 9.78 Å². The fraction of sp³-hybridized carbons (Fsp3) is 0.0476. The number of rotatable bonds is 6. The summed E-state index contributed by atoms with van der Waals surface area (Å²) >= 11 is 12.1. The fourth-order valence-corrected chi connectivity index (χ4v) is 3.77. The maximum Gasteiger partial charge on any atom is 0.347 e. The van der Waals surface area contributed by atoms with E-state index in [0.717, 1.165) is 0 Å². The van der Waals surface area contributed by atoms with Gasteiger partial charge in [0.05, 0.1) is 42.9 Å². The second kappa shape index (κ2) is 8.85. The van der Waals surface area contributed by atoms with Crippen LogP contribution in [0.5, 0.6) is 5.88 Å². The molecule has 0 aliphatic rings. The number of non-ortho nitro benzene ring substituents is 2. The maximum atomic E-state index is 12.8. The minimum Gasteiger partial charge on any atom is -0.401 e. The smallest absolute Gasteiger partial charge is 0.347 e. The number of nitro benzene ring substituents is 2. The number of ether oxygens (including phenoxy) is 1. The molecule has 0 aliphatic heterocycles. The molecule has 0 amide bonds. The molecule has 1 heterocycles. The zero-order valence-corrected chi connectivity index (χ0v) is 18.0. The minimum absolute atomic E-state index is 0.0683. The van der Waals surface area contributed by atoms with E-state index in [1.807, 2.05) is 0 Å². The lowest BCUT2D eigenvalue weighted by molar-refractivity contribution is -0.385. The molecule has 1 aromatic heterocycles. The molecular formula is C21H12Cl2N4O6. The number of hydrogen-bond donors (Lipinski definition) is 0. The maximum absolute atomic E-state index is 12.8. The predicted octanol–water partition coefficient (Wildman–Crippen LogP) is 5.43. The molecule has 3 aromatic carbocycles. The third kappa shape index (κ3) is 4.47. The van der Waals surface area contributed by atoms with Crippen LogP contribution in [0, 0.1) is 20.2 Å². The van der Waals surface area contributed by atoms with Crippen LogP contribution in [0.2, 0.25) is 10.0 Å². The van der Waals surface area contributed by atoms with Crippen molar-refractivity contribution in [2.45, 2.75) is 6.54 Å². The molecule has 10 nitrogen and oxygen atoms in total. The molecular weight excluding hydrogens is 475 g/mol. The van der Waals surface area contributed by atoms with E-state index in [2.05, 4.69) is 5.10 Å². The van der Waals surface area contributed by atoms with Crippen LogP contribution in [0.3, 0.4) is 0 Å². The van der Waals surface area contributed by atoms with E-state index in [-0.39, 0.29) is 44.8 Å². The first-order valence-electron chi connectivity index (χ1n) is 9.29. The van der Waals surface area contributed by atoms with Gasteiger partial charge in [-0.15, -0.1) is 5.10 Å². The molecule has 33 heavy (non-hydrogen) atoms. The van der Waals surface area contributed by atoms with E-state index in [4.69, 9.17) is 27.9 Å². The number of carbonyl (C=O) groups is 1. The third-order valence-electron chi connectivity index (χ3n) is 4.72. The van der Waals surface area contributed by atoms with Crippen molar-refractivity contribution in [3.63, 3.8) is 0 Å². The number of nitrogens with zero attached hydrogens (tertiary/aromatic N) is 4. The lowest BCUT2D eigenvalue weighted by Crippen LogP contribution is -2.11. The number of hydrogen-bond acceptors (Lipinski definition) is 7. The summed E-state index contributed by atoms with van der Waals surface area (Å²) in [6.07, 6.45) is 0. The Hall–Kier alpha value is -4.02. The predicted molar refractivity (Wildman–Crippen MR) is 120 cm³/mol. The fourth-order valence-electron chi connectivity index (χ4n) is 3.22. The summed E-state index contributed by atoms with van der Waals surface area (Å²) in [5.74, 6) is -1.08. The van der Waals surface area contributed by atoms with Gasteiger partial charge in [-0.05, 0) is 23.8 Å². The van der Waals surface area contributed by atoms with Crippen molar-refractivity contribution >= 4 is 51.4 Å². The number of fused-ring (bicyclic) bond motifs is 1. The van der Waals surface area contributed by atoms with Crippen LogP contribution in [0.25, 0.3) is 10.9 Å². The van der Waals surface area contributed by atoms with Crippen molar-refractivity contribution in [1.29, 1.82) is 0 Å². The summed E-state index contributed by atoms with van der Waals surface area (Å²) in [4.78, 5) is 34.0.